The van der Waals surface area contributed by atoms with Gasteiger partial charge in [0.25, 0.3) is 5.91 Å². The zero-order valence-corrected chi connectivity index (χ0v) is 39.7. The molecule has 4 N–H and O–H groups in total. The summed E-state index contributed by atoms with van der Waals surface area (Å²) in [4.78, 5) is 63.1. The number of ether oxygens (including phenoxy) is 1. The van der Waals surface area contributed by atoms with Crippen LogP contribution in [0, 0.1) is 28.3 Å². The van der Waals surface area contributed by atoms with Crippen LogP contribution in [0.1, 0.15) is 80.1 Å². The summed E-state index contributed by atoms with van der Waals surface area (Å²) >= 11 is 0. The van der Waals surface area contributed by atoms with Gasteiger partial charge in [0.1, 0.15) is 23.1 Å². The number of fused-ring (bicyclic) bond motifs is 5. The number of carbonyl (C=O) groups excluding carboxylic acids is 3. The van der Waals surface area contributed by atoms with E-state index in [4.69, 9.17) is 15.5 Å². The smallest absolute Gasteiger partial charge is 0.319 e. The zero-order valence-electron chi connectivity index (χ0n) is 39.7. The Bertz CT molecular complexity index is 3010. The van der Waals surface area contributed by atoms with Gasteiger partial charge in [0.05, 0.1) is 12.0 Å². The Morgan fingerprint density at radius 3 is 2.34 bits per heavy atom. The number of nitrogens with zero attached hydrogens (tertiary/aromatic N) is 8. The number of aromatic nitrogens is 3. The molecule has 2 unspecified atom stereocenters. The first-order valence-electron chi connectivity index (χ1n) is 25.5. The van der Waals surface area contributed by atoms with Gasteiger partial charge in [-0.25, -0.2) is 13.2 Å². The van der Waals surface area contributed by atoms with E-state index >= 15 is 8.78 Å². The molecule has 2 aliphatic carbocycles. The van der Waals surface area contributed by atoms with Crippen molar-refractivity contribution in [2.24, 2.45) is 10.8 Å². The molecule has 2 aromatic heterocycles. The Morgan fingerprint density at radius 2 is 1.59 bits per heavy atom. The van der Waals surface area contributed by atoms with Crippen molar-refractivity contribution in [3.05, 3.63) is 77.2 Å². The van der Waals surface area contributed by atoms with Gasteiger partial charge in [-0.2, -0.15) is 9.97 Å². The minimum absolute atomic E-state index is 0.0135. The van der Waals surface area contributed by atoms with Crippen LogP contribution < -0.4 is 30.9 Å². The zero-order chi connectivity index (χ0) is 48.3. The Balaban J connectivity index is 0.639. The summed E-state index contributed by atoms with van der Waals surface area (Å²) in [5.74, 6) is -3.17. The van der Waals surface area contributed by atoms with E-state index in [0.717, 1.165) is 88.8 Å². The molecule has 1 spiro atoms. The third kappa shape index (κ3) is 8.00. The lowest BCUT2D eigenvalue weighted by molar-refractivity contribution is -0.136. The normalized spacial score (nSPS) is 25.3. The van der Waals surface area contributed by atoms with Crippen LogP contribution in [0.25, 0.3) is 32.9 Å². The first-order valence-corrected chi connectivity index (χ1v) is 25.5. The molecule has 3 aromatic carbocycles. The van der Waals surface area contributed by atoms with E-state index in [1.807, 2.05) is 12.1 Å². The number of anilines is 3. The molecule has 8 heterocycles. The molecule has 3 amide bonds. The highest BCUT2D eigenvalue weighted by Gasteiger charge is 2.51. The second-order valence-corrected chi connectivity index (χ2v) is 22.0. The van der Waals surface area contributed by atoms with Crippen molar-refractivity contribution in [3.8, 4) is 17.3 Å². The molecule has 2 saturated carbocycles. The predicted molar refractivity (Wildman–Crippen MR) is 261 cm³/mol. The molecule has 370 valence electrons. The minimum Gasteiger partial charge on any atom is -0.463 e. The molecule has 6 aliphatic heterocycles. The van der Waals surface area contributed by atoms with Crippen molar-refractivity contribution in [3.63, 3.8) is 0 Å². The molecular weight excluding hydrogens is 912 g/mol. The molecule has 2 bridgehead atoms. The van der Waals surface area contributed by atoms with Gasteiger partial charge in [-0.15, -0.1) is 0 Å². The molecule has 71 heavy (non-hydrogen) atoms. The number of amides is 3. The van der Waals surface area contributed by atoms with E-state index in [2.05, 4.69) is 46.3 Å². The van der Waals surface area contributed by atoms with Gasteiger partial charge in [-0.1, -0.05) is 6.07 Å². The Morgan fingerprint density at radius 1 is 0.817 bits per heavy atom. The summed E-state index contributed by atoms with van der Waals surface area (Å²) in [5, 5.41) is 6.71. The van der Waals surface area contributed by atoms with Crippen LogP contribution in [-0.4, -0.2) is 137 Å². The van der Waals surface area contributed by atoms with Crippen molar-refractivity contribution in [1.29, 1.82) is 0 Å². The van der Waals surface area contributed by atoms with E-state index in [9.17, 15) is 18.8 Å². The highest BCUT2D eigenvalue weighted by atomic mass is 19.2. The molecule has 15 nitrogen and oxygen atoms in total. The summed E-state index contributed by atoms with van der Waals surface area (Å²) in [5.41, 5.74) is 9.40. The van der Waals surface area contributed by atoms with E-state index in [1.54, 1.807) is 4.90 Å². The van der Waals surface area contributed by atoms with Gasteiger partial charge in [0, 0.05) is 116 Å². The molecule has 0 radical (unpaired) electrons. The van der Waals surface area contributed by atoms with Crippen LogP contribution in [0.15, 0.2) is 48.7 Å². The van der Waals surface area contributed by atoms with E-state index < -0.39 is 23.5 Å². The first-order chi connectivity index (χ1) is 34.4. The third-order valence-corrected chi connectivity index (χ3v) is 17.4. The third-order valence-electron chi connectivity index (χ3n) is 17.4. The van der Waals surface area contributed by atoms with Crippen LogP contribution in [0.2, 0.25) is 0 Å². The second kappa shape index (κ2) is 17.0. The lowest BCUT2D eigenvalue weighted by Gasteiger charge is -2.56. The van der Waals surface area contributed by atoms with E-state index in [0.29, 0.717) is 78.4 Å². The average Bonchev–Trinajstić information content (AvgIpc) is 3.94. The van der Waals surface area contributed by atoms with Gasteiger partial charge in [-0.05, 0) is 124 Å². The fraction of sp³-hybridized carbons (Fsp3) is 0.509. The maximum Gasteiger partial charge on any atom is 0.319 e. The van der Waals surface area contributed by atoms with Crippen LogP contribution in [-0.2, 0) is 16.1 Å². The highest BCUT2D eigenvalue weighted by molar-refractivity contribution is 6.06. The number of hydrogen-bond donors (Lipinski definition) is 3. The number of piperazine rings is 2. The van der Waals surface area contributed by atoms with Gasteiger partial charge < -0.3 is 35.4 Å². The number of benzene rings is 3. The van der Waals surface area contributed by atoms with E-state index in [1.165, 1.54) is 50.1 Å². The first kappa shape index (κ1) is 44.8. The topological polar surface area (TPSA) is 165 Å². The highest BCUT2D eigenvalue weighted by Crippen LogP contribution is 2.53. The van der Waals surface area contributed by atoms with Crippen LogP contribution in [0.4, 0.5) is 30.4 Å². The number of pyridine rings is 1. The number of nitrogens with two attached hydrogens (primary N) is 1. The van der Waals surface area contributed by atoms with Gasteiger partial charge >= 0.3 is 6.01 Å². The number of hydrogen-bond acceptors (Lipinski definition) is 13. The minimum atomic E-state index is -1.09. The number of nitrogen functional groups attached to an aromatic ring is 1. The molecular formula is C53H58F3N11O4. The Labute approximate surface area is 409 Å². The standard InChI is InChI=1S/C53H58F3N11O4/c54-40-6-1-30-19-32(57)21-38(43(30)44(40)55)46-45(56)47-39(24-58-46)48(66-26-33-2-3-34(27-66)59-33)62-51(61-47)71-29-53(9-10-53)28-63-13-11-52(12-14-63)22-36(23-52)65-17-15-64(16-18-65)35-4-5-37-31(20-35)25-67(50(37)70)41-7-8-42(68)60-49(41)69/h1,4-6,19-21,24,33-34,36,41,59H,2-3,7-18,22-23,25-29,57H2,(H,60,68,69)/t33?,34?,41-/m0/s1. The average molecular weight is 970 g/mol. The summed E-state index contributed by atoms with van der Waals surface area (Å²) in [6.45, 7) is 9.06. The monoisotopic (exact) mass is 969 g/mol. The number of piperidine rings is 2. The molecule has 5 aromatic rings. The van der Waals surface area contributed by atoms with Crippen LogP contribution in [0.3, 0.4) is 0 Å². The fourth-order valence-electron chi connectivity index (χ4n) is 13.2. The lowest BCUT2D eigenvalue weighted by atomic mass is 9.60. The van der Waals surface area contributed by atoms with Gasteiger partial charge in [0.15, 0.2) is 17.5 Å². The second-order valence-electron chi connectivity index (χ2n) is 22.0. The van der Waals surface area contributed by atoms with Crippen molar-refractivity contribution in [2.75, 3.05) is 81.0 Å². The quantitative estimate of drug-likeness (QED) is 0.114. The van der Waals surface area contributed by atoms with Crippen LogP contribution >= 0.6 is 0 Å². The molecule has 13 rings (SSSR count). The number of carbonyl (C=O) groups is 3. The SMILES string of the molecule is Nc1cc(-c2ncc3c(N4CC5CCC(C4)N5)nc(OCC4(CN5CCC6(CC5)CC(N5CCN(c7ccc8c(c7)CN([C@H]7CCC(=O)NC7=O)C8=O)CC5)C6)CC4)nc3c2F)c2c(F)c(F)ccc2c1. The predicted octanol–water partition coefficient (Wildman–Crippen LogP) is 5.77. The van der Waals surface area contributed by atoms with Gasteiger partial charge in [-0.3, -0.25) is 29.6 Å². The Kier molecular flexibility index (Phi) is 10.7. The van der Waals surface area contributed by atoms with Crippen molar-refractivity contribution >= 4 is 56.6 Å². The summed E-state index contributed by atoms with van der Waals surface area (Å²) in [6, 6.07) is 12.1. The summed E-state index contributed by atoms with van der Waals surface area (Å²) in [6.07, 6.45) is 11.1. The largest absolute Gasteiger partial charge is 0.463 e. The molecule has 3 atom stereocenters. The number of imide groups is 1. The number of halogens is 3. The fourth-order valence-corrected chi connectivity index (χ4v) is 13.2. The number of nitrogens with one attached hydrogen (secondary N) is 2. The molecule has 5 saturated heterocycles. The maximum absolute atomic E-state index is 17.0. The summed E-state index contributed by atoms with van der Waals surface area (Å²) < 4.78 is 53.5. The molecule has 8 aliphatic rings. The van der Waals surface area contributed by atoms with Gasteiger partial charge in [0.2, 0.25) is 11.8 Å². The molecule has 7 fully saturated rings. The maximum atomic E-state index is 17.0. The van der Waals surface area contributed by atoms with Crippen LogP contribution in [0.5, 0.6) is 6.01 Å². The lowest BCUT2D eigenvalue weighted by Crippen LogP contribution is -2.59. The van der Waals surface area contributed by atoms with Crippen molar-refractivity contribution in [1.82, 2.24) is 40.3 Å². The van der Waals surface area contributed by atoms with Crippen molar-refractivity contribution in [2.45, 2.75) is 94.9 Å². The Hall–Kier alpha value is -6.11. The number of likely N-dealkylation sites (tertiary alicyclic amines) is 1. The molecule has 18 heteroatoms. The number of rotatable bonds is 10. The summed E-state index contributed by atoms with van der Waals surface area (Å²) in [7, 11) is 0. The van der Waals surface area contributed by atoms with E-state index in [-0.39, 0.29) is 63.4 Å². The van der Waals surface area contributed by atoms with Crippen molar-refractivity contribution < 1.29 is 32.3 Å².